The Morgan fingerprint density at radius 3 is 1.88 bits per heavy atom. The summed E-state index contributed by atoms with van der Waals surface area (Å²) in [5.74, 6) is -1.73. The van der Waals surface area contributed by atoms with Gasteiger partial charge >= 0.3 is 18.2 Å². The van der Waals surface area contributed by atoms with Crippen molar-refractivity contribution >= 4 is 18.2 Å². The van der Waals surface area contributed by atoms with E-state index < -0.39 is 41.3 Å². The molecule has 0 bridgehead atoms. The maximum atomic E-state index is 12.1. The molecule has 8 nitrogen and oxygen atoms in total. The second-order valence-electron chi connectivity index (χ2n) is 7.73. The van der Waals surface area contributed by atoms with E-state index in [9.17, 15) is 19.5 Å². The van der Waals surface area contributed by atoms with Crippen molar-refractivity contribution in [3.8, 4) is 0 Å². The van der Waals surface area contributed by atoms with Crippen molar-refractivity contribution in [2.45, 2.75) is 65.7 Å². The van der Waals surface area contributed by atoms with Gasteiger partial charge in [-0.2, -0.15) is 0 Å². The molecule has 140 valence electrons. The first-order chi connectivity index (χ1) is 10.6. The molecule has 0 saturated heterocycles. The summed E-state index contributed by atoms with van der Waals surface area (Å²) < 4.78 is 10.3. The van der Waals surface area contributed by atoms with Gasteiger partial charge in [0.05, 0.1) is 0 Å². The Hall–Kier alpha value is -1.99. The number of ether oxygens (including phenoxy) is 2. The van der Waals surface area contributed by atoms with Gasteiger partial charge in [-0.05, 0) is 41.5 Å². The number of carbonyl (C=O) groups is 3. The average Bonchev–Trinajstić information content (AvgIpc) is 2.31. The molecule has 1 unspecified atom stereocenters. The lowest BCUT2D eigenvalue weighted by atomic mass is 10.0. The number of rotatable bonds is 5. The van der Waals surface area contributed by atoms with Crippen LogP contribution in [0, 0.1) is 5.92 Å². The van der Waals surface area contributed by atoms with Gasteiger partial charge in [-0.15, -0.1) is 0 Å². The standard InChI is InChI=1S/C16H30N2O6/c1-10(9-17-13(21)23-15(2,3)4)11(12(19)20)18(8)14(22)24-16(5,6)7/h10-11H,9H2,1-8H3,(H,17,21)(H,19,20)/t10?,11-/m0/s1. The first kappa shape index (κ1) is 22.0. The summed E-state index contributed by atoms with van der Waals surface area (Å²) in [6.07, 6.45) is -1.38. The van der Waals surface area contributed by atoms with Crippen LogP contribution in [0.25, 0.3) is 0 Å². The number of carboxylic acid groups (broad SMARTS) is 1. The Balaban J connectivity index is 4.84. The predicted molar refractivity (Wildman–Crippen MR) is 88.8 cm³/mol. The van der Waals surface area contributed by atoms with Crippen LogP contribution in [-0.2, 0) is 14.3 Å². The summed E-state index contributed by atoms with van der Waals surface area (Å²) in [5.41, 5.74) is -1.38. The monoisotopic (exact) mass is 346 g/mol. The summed E-state index contributed by atoms with van der Waals surface area (Å²) in [4.78, 5) is 36.3. The molecule has 8 heteroatoms. The molecule has 0 rings (SSSR count). The molecule has 0 saturated carbocycles. The van der Waals surface area contributed by atoms with Crippen LogP contribution in [-0.4, -0.2) is 59.0 Å². The lowest BCUT2D eigenvalue weighted by Gasteiger charge is -2.31. The first-order valence-corrected chi connectivity index (χ1v) is 7.79. The normalized spacial score (nSPS) is 14.3. The third-order valence-electron chi connectivity index (χ3n) is 2.86. The summed E-state index contributed by atoms with van der Waals surface area (Å²) >= 11 is 0. The number of nitrogens with zero attached hydrogens (tertiary/aromatic N) is 1. The third kappa shape index (κ3) is 8.59. The molecular formula is C16H30N2O6. The highest BCUT2D eigenvalue weighted by molar-refractivity contribution is 5.80. The van der Waals surface area contributed by atoms with E-state index in [-0.39, 0.29) is 6.54 Å². The lowest BCUT2D eigenvalue weighted by Crippen LogP contribution is -2.50. The topological polar surface area (TPSA) is 105 Å². The third-order valence-corrected chi connectivity index (χ3v) is 2.86. The van der Waals surface area contributed by atoms with Crippen molar-refractivity contribution in [1.29, 1.82) is 0 Å². The minimum Gasteiger partial charge on any atom is -0.480 e. The van der Waals surface area contributed by atoms with Crippen LogP contribution in [0.15, 0.2) is 0 Å². The number of aliphatic carboxylic acids is 1. The second kappa shape index (κ2) is 8.21. The maximum absolute atomic E-state index is 12.1. The van der Waals surface area contributed by atoms with E-state index >= 15 is 0 Å². The van der Waals surface area contributed by atoms with Crippen molar-refractivity contribution in [2.75, 3.05) is 13.6 Å². The Morgan fingerprint density at radius 1 is 1.04 bits per heavy atom. The molecule has 2 atom stereocenters. The molecule has 0 aliphatic carbocycles. The molecule has 2 amide bonds. The van der Waals surface area contributed by atoms with E-state index in [2.05, 4.69) is 5.32 Å². The molecule has 2 N–H and O–H groups in total. The summed E-state index contributed by atoms with van der Waals surface area (Å²) in [6.45, 7) is 11.9. The number of alkyl carbamates (subject to hydrolysis) is 1. The largest absolute Gasteiger partial charge is 0.480 e. The molecule has 0 aromatic heterocycles. The van der Waals surface area contributed by atoms with Crippen LogP contribution >= 0.6 is 0 Å². The van der Waals surface area contributed by atoms with Gasteiger partial charge in [0.25, 0.3) is 0 Å². The molecule has 0 radical (unpaired) electrons. The quantitative estimate of drug-likeness (QED) is 0.792. The van der Waals surface area contributed by atoms with Gasteiger partial charge in [0.2, 0.25) is 0 Å². The van der Waals surface area contributed by atoms with Crippen molar-refractivity contribution in [3.05, 3.63) is 0 Å². The van der Waals surface area contributed by atoms with Crippen LogP contribution in [0.3, 0.4) is 0 Å². The Morgan fingerprint density at radius 2 is 1.50 bits per heavy atom. The van der Waals surface area contributed by atoms with E-state index in [0.29, 0.717) is 0 Å². The highest BCUT2D eigenvalue weighted by Crippen LogP contribution is 2.15. The molecule has 0 spiro atoms. The Bertz CT molecular complexity index is 464. The van der Waals surface area contributed by atoms with E-state index in [1.54, 1.807) is 48.5 Å². The zero-order valence-corrected chi connectivity index (χ0v) is 15.8. The predicted octanol–water partition coefficient (Wildman–Crippen LogP) is 2.47. The van der Waals surface area contributed by atoms with Gasteiger partial charge in [-0.1, -0.05) is 6.92 Å². The number of nitrogens with one attached hydrogen (secondary N) is 1. The van der Waals surface area contributed by atoms with Crippen molar-refractivity contribution < 1.29 is 29.0 Å². The number of carboxylic acids is 1. The van der Waals surface area contributed by atoms with E-state index in [1.807, 2.05) is 0 Å². The minimum absolute atomic E-state index is 0.0407. The number of carbonyl (C=O) groups excluding carboxylic acids is 2. The van der Waals surface area contributed by atoms with Gasteiger partial charge in [-0.3, -0.25) is 4.90 Å². The summed E-state index contributed by atoms with van der Waals surface area (Å²) in [7, 11) is 1.36. The van der Waals surface area contributed by atoms with Gasteiger partial charge < -0.3 is 19.9 Å². The molecule has 0 heterocycles. The van der Waals surface area contributed by atoms with Gasteiger partial charge in [-0.25, -0.2) is 14.4 Å². The van der Waals surface area contributed by atoms with E-state index in [1.165, 1.54) is 7.05 Å². The number of likely N-dealkylation sites (N-methyl/N-ethyl adjacent to an activating group) is 1. The smallest absolute Gasteiger partial charge is 0.410 e. The number of amides is 2. The molecule has 0 aliphatic heterocycles. The van der Waals surface area contributed by atoms with E-state index in [0.717, 1.165) is 4.90 Å². The lowest BCUT2D eigenvalue weighted by molar-refractivity contribution is -0.144. The Kier molecular flexibility index (Phi) is 7.53. The number of hydrogen-bond acceptors (Lipinski definition) is 5. The van der Waals surface area contributed by atoms with Crippen molar-refractivity contribution in [2.24, 2.45) is 5.92 Å². The average molecular weight is 346 g/mol. The molecule has 0 fully saturated rings. The fourth-order valence-corrected chi connectivity index (χ4v) is 1.91. The Labute approximate surface area is 143 Å². The second-order valence-corrected chi connectivity index (χ2v) is 7.73. The minimum atomic E-state index is -1.18. The zero-order valence-electron chi connectivity index (χ0n) is 15.8. The molecule has 0 aromatic rings. The van der Waals surface area contributed by atoms with Crippen LogP contribution in [0.2, 0.25) is 0 Å². The zero-order chi connectivity index (χ0) is 19.3. The highest BCUT2D eigenvalue weighted by atomic mass is 16.6. The van der Waals surface area contributed by atoms with Crippen LogP contribution in [0.4, 0.5) is 9.59 Å². The van der Waals surface area contributed by atoms with Crippen molar-refractivity contribution in [1.82, 2.24) is 10.2 Å². The maximum Gasteiger partial charge on any atom is 0.410 e. The molecule has 24 heavy (non-hydrogen) atoms. The molecule has 0 aromatic carbocycles. The SMILES string of the molecule is CC(CNC(=O)OC(C)(C)C)[C@@H](C(=O)O)N(C)C(=O)OC(C)(C)C. The van der Waals surface area contributed by atoms with Crippen LogP contribution in [0.5, 0.6) is 0 Å². The highest BCUT2D eigenvalue weighted by Gasteiger charge is 2.34. The molecular weight excluding hydrogens is 316 g/mol. The van der Waals surface area contributed by atoms with Crippen LogP contribution in [0.1, 0.15) is 48.5 Å². The van der Waals surface area contributed by atoms with Crippen molar-refractivity contribution in [3.63, 3.8) is 0 Å². The van der Waals surface area contributed by atoms with Crippen LogP contribution < -0.4 is 5.32 Å². The summed E-state index contributed by atoms with van der Waals surface area (Å²) in [6, 6.07) is -1.14. The fourth-order valence-electron chi connectivity index (χ4n) is 1.91. The molecule has 0 aliphatic rings. The van der Waals surface area contributed by atoms with Gasteiger partial charge in [0.15, 0.2) is 0 Å². The fraction of sp³-hybridized carbons (Fsp3) is 0.812. The van der Waals surface area contributed by atoms with E-state index in [4.69, 9.17) is 9.47 Å². The summed E-state index contributed by atoms with van der Waals surface area (Å²) in [5, 5.41) is 11.9. The number of hydrogen-bond donors (Lipinski definition) is 2. The van der Waals surface area contributed by atoms with Gasteiger partial charge in [0.1, 0.15) is 17.2 Å². The van der Waals surface area contributed by atoms with Gasteiger partial charge in [0, 0.05) is 19.5 Å². The first-order valence-electron chi connectivity index (χ1n) is 7.79.